The molecular weight excluding hydrogens is 379 g/mol. The van der Waals surface area contributed by atoms with Crippen LogP contribution in [0.5, 0.6) is 11.5 Å². The molecule has 0 atom stereocenters. The monoisotopic (exact) mass is 400 g/mol. The van der Waals surface area contributed by atoms with Crippen LogP contribution in [-0.4, -0.2) is 24.6 Å². The van der Waals surface area contributed by atoms with Gasteiger partial charge in [-0.25, -0.2) is 9.37 Å². The van der Waals surface area contributed by atoms with Crippen molar-refractivity contribution in [2.45, 2.75) is 19.8 Å². The van der Waals surface area contributed by atoms with E-state index in [2.05, 4.69) is 24.1 Å². The topological polar surface area (TPSA) is 60.5 Å². The first kappa shape index (κ1) is 19.8. The summed E-state index contributed by atoms with van der Waals surface area (Å²) in [6.07, 6.45) is 0. The van der Waals surface area contributed by atoms with Crippen LogP contribution in [0.25, 0.3) is 11.3 Å². The van der Waals surface area contributed by atoms with Crippen molar-refractivity contribution in [3.05, 3.63) is 59.2 Å². The van der Waals surface area contributed by atoms with E-state index in [1.165, 1.54) is 24.5 Å². The number of nitrogens with zero attached hydrogens (tertiary/aromatic N) is 1. The standard InChI is InChI=1S/C21H21FN2O3S/c1-13(2)15-6-4-5-7-18(15)27-11-20(25)24-21-23-17(12-28-21)14-8-9-19(26-3)16(22)10-14/h4-10,12-13H,11H2,1-3H3,(H,23,24,25). The van der Waals surface area contributed by atoms with Gasteiger partial charge in [-0.05, 0) is 35.7 Å². The van der Waals surface area contributed by atoms with Crippen molar-refractivity contribution in [2.24, 2.45) is 0 Å². The third-order valence-corrected chi connectivity index (χ3v) is 4.86. The molecule has 3 rings (SSSR count). The van der Waals surface area contributed by atoms with Crippen molar-refractivity contribution in [1.82, 2.24) is 4.98 Å². The van der Waals surface area contributed by atoms with Crippen LogP contribution in [0, 0.1) is 5.82 Å². The number of halogens is 1. The Morgan fingerprint density at radius 1 is 1.21 bits per heavy atom. The van der Waals surface area contributed by atoms with E-state index >= 15 is 0 Å². The van der Waals surface area contributed by atoms with Crippen LogP contribution in [0.1, 0.15) is 25.3 Å². The average molecular weight is 400 g/mol. The number of amides is 1. The van der Waals surface area contributed by atoms with Gasteiger partial charge in [0.25, 0.3) is 5.91 Å². The minimum atomic E-state index is -0.462. The summed E-state index contributed by atoms with van der Waals surface area (Å²) in [5.74, 6) is 0.398. The smallest absolute Gasteiger partial charge is 0.264 e. The molecule has 0 saturated carbocycles. The fourth-order valence-corrected chi connectivity index (χ4v) is 3.41. The summed E-state index contributed by atoms with van der Waals surface area (Å²) in [5, 5.41) is 4.90. The number of benzene rings is 2. The molecule has 1 N–H and O–H groups in total. The summed E-state index contributed by atoms with van der Waals surface area (Å²) in [5.41, 5.74) is 2.23. The van der Waals surface area contributed by atoms with Crippen LogP contribution >= 0.6 is 11.3 Å². The predicted octanol–water partition coefficient (Wildman–Crippen LogP) is 5.10. The predicted molar refractivity (Wildman–Crippen MR) is 109 cm³/mol. The van der Waals surface area contributed by atoms with Crippen molar-refractivity contribution >= 4 is 22.4 Å². The number of thiazole rings is 1. The molecule has 0 aliphatic heterocycles. The number of anilines is 1. The Kier molecular flexibility index (Phi) is 6.26. The quantitative estimate of drug-likeness (QED) is 0.599. The minimum absolute atomic E-state index is 0.115. The van der Waals surface area contributed by atoms with E-state index in [4.69, 9.17) is 9.47 Å². The van der Waals surface area contributed by atoms with E-state index in [1.807, 2.05) is 24.3 Å². The SMILES string of the molecule is COc1ccc(-c2csc(NC(=O)COc3ccccc3C(C)C)n2)cc1F. The molecule has 0 spiro atoms. The van der Waals surface area contributed by atoms with Gasteiger partial charge in [0.05, 0.1) is 12.8 Å². The fraction of sp³-hybridized carbons (Fsp3) is 0.238. The molecular formula is C21H21FN2O3S. The third kappa shape index (κ3) is 4.67. The maximum Gasteiger partial charge on any atom is 0.264 e. The summed E-state index contributed by atoms with van der Waals surface area (Å²) in [6, 6.07) is 12.3. The summed E-state index contributed by atoms with van der Waals surface area (Å²) in [7, 11) is 1.41. The van der Waals surface area contributed by atoms with E-state index in [-0.39, 0.29) is 18.3 Å². The largest absolute Gasteiger partial charge is 0.494 e. The lowest BCUT2D eigenvalue weighted by atomic mass is 10.0. The molecule has 0 bridgehead atoms. The number of nitrogens with one attached hydrogen (secondary N) is 1. The molecule has 5 nitrogen and oxygen atoms in total. The van der Waals surface area contributed by atoms with Gasteiger partial charge in [0.2, 0.25) is 0 Å². The van der Waals surface area contributed by atoms with Crippen molar-refractivity contribution in [2.75, 3.05) is 19.0 Å². The second kappa shape index (κ2) is 8.84. The first-order valence-corrected chi connectivity index (χ1v) is 9.67. The molecule has 0 saturated heterocycles. The maximum absolute atomic E-state index is 13.9. The molecule has 2 aromatic carbocycles. The number of carbonyl (C=O) groups excluding carboxylic acids is 1. The number of hydrogen-bond donors (Lipinski definition) is 1. The summed E-state index contributed by atoms with van der Waals surface area (Å²) in [6.45, 7) is 4.03. The highest BCUT2D eigenvalue weighted by atomic mass is 32.1. The van der Waals surface area contributed by atoms with E-state index < -0.39 is 5.82 Å². The first-order chi connectivity index (χ1) is 13.5. The molecule has 1 heterocycles. The Morgan fingerprint density at radius 3 is 2.71 bits per heavy atom. The Bertz CT molecular complexity index is 972. The number of para-hydroxylation sites is 1. The Hall–Kier alpha value is -2.93. The molecule has 0 fully saturated rings. The van der Waals surface area contributed by atoms with Crippen LogP contribution < -0.4 is 14.8 Å². The third-order valence-electron chi connectivity index (χ3n) is 4.10. The second-order valence-electron chi connectivity index (χ2n) is 6.42. The number of rotatable bonds is 7. The van der Waals surface area contributed by atoms with Gasteiger partial charge >= 0.3 is 0 Å². The Labute approximate surface area is 167 Å². The van der Waals surface area contributed by atoms with Crippen molar-refractivity contribution in [3.63, 3.8) is 0 Å². The lowest BCUT2D eigenvalue weighted by Crippen LogP contribution is -2.20. The maximum atomic E-state index is 13.9. The zero-order valence-electron chi connectivity index (χ0n) is 15.9. The van der Waals surface area contributed by atoms with Gasteiger partial charge in [-0.15, -0.1) is 11.3 Å². The lowest BCUT2D eigenvalue weighted by molar-refractivity contribution is -0.118. The molecule has 0 radical (unpaired) electrons. The normalized spacial score (nSPS) is 10.8. The van der Waals surface area contributed by atoms with Crippen LogP contribution in [0.4, 0.5) is 9.52 Å². The van der Waals surface area contributed by atoms with Gasteiger partial charge < -0.3 is 9.47 Å². The molecule has 0 aliphatic rings. The fourth-order valence-electron chi connectivity index (χ4n) is 2.68. The van der Waals surface area contributed by atoms with E-state index in [9.17, 15) is 9.18 Å². The van der Waals surface area contributed by atoms with Crippen LogP contribution in [0.2, 0.25) is 0 Å². The van der Waals surface area contributed by atoms with Gasteiger partial charge in [-0.1, -0.05) is 32.0 Å². The molecule has 1 aromatic heterocycles. The number of aromatic nitrogens is 1. The van der Waals surface area contributed by atoms with Gasteiger partial charge in [0.15, 0.2) is 23.3 Å². The molecule has 146 valence electrons. The summed E-state index contributed by atoms with van der Waals surface area (Å²) >= 11 is 1.27. The molecule has 3 aromatic rings. The Morgan fingerprint density at radius 2 is 2.00 bits per heavy atom. The highest BCUT2D eigenvalue weighted by molar-refractivity contribution is 7.14. The molecule has 0 aliphatic carbocycles. The van der Waals surface area contributed by atoms with Gasteiger partial charge in [-0.3, -0.25) is 10.1 Å². The number of ether oxygens (including phenoxy) is 2. The summed E-state index contributed by atoms with van der Waals surface area (Å²) < 4.78 is 24.5. The average Bonchev–Trinajstić information content (AvgIpc) is 3.15. The van der Waals surface area contributed by atoms with Crippen LogP contribution in [0.15, 0.2) is 47.8 Å². The van der Waals surface area contributed by atoms with Crippen molar-refractivity contribution in [1.29, 1.82) is 0 Å². The number of methoxy groups -OCH3 is 1. The molecule has 0 unspecified atom stereocenters. The molecule has 1 amide bonds. The Balaban J connectivity index is 1.62. The summed E-state index contributed by atoms with van der Waals surface area (Å²) in [4.78, 5) is 16.5. The van der Waals surface area contributed by atoms with Gasteiger partial charge in [-0.2, -0.15) is 0 Å². The lowest BCUT2D eigenvalue weighted by Gasteiger charge is -2.13. The van der Waals surface area contributed by atoms with E-state index in [0.29, 0.717) is 28.1 Å². The number of carbonyl (C=O) groups is 1. The zero-order chi connectivity index (χ0) is 20.1. The van der Waals surface area contributed by atoms with E-state index in [0.717, 1.165) is 5.56 Å². The van der Waals surface area contributed by atoms with Gasteiger partial charge in [0.1, 0.15) is 5.75 Å². The minimum Gasteiger partial charge on any atom is -0.494 e. The molecule has 7 heteroatoms. The zero-order valence-corrected chi connectivity index (χ0v) is 16.7. The highest BCUT2D eigenvalue weighted by Crippen LogP contribution is 2.29. The van der Waals surface area contributed by atoms with Gasteiger partial charge in [0, 0.05) is 10.9 Å². The van der Waals surface area contributed by atoms with E-state index in [1.54, 1.807) is 17.5 Å². The van der Waals surface area contributed by atoms with Crippen molar-refractivity contribution in [3.8, 4) is 22.8 Å². The number of hydrogen-bond acceptors (Lipinski definition) is 5. The highest BCUT2D eigenvalue weighted by Gasteiger charge is 2.12. The second-order valence-corrected chi connectivity index (χ2v) is 7.27. The van der Waals surface area contributed by atoms with Crippen molar-refractivity contribution < 1.29 is 18.7 Å². The van der Waals surface area contributed by atoms with Crippen LogP contribution in [-0.2, 0) is 4.79 Å². The molecule has 28 heavy (non-hydrogen) atoms. The first-order valence-electron chi connectivity index (χ1n) is 8.79. The van der Waals surface area contributed by atoms with Crippen LogP contribution in [0.3, 0.4) is 0 Å².